The number of hydrogen-bond acceptors (Lipinski definition) is 3. The van der Waals surface area contributed by atoms with E-state index >= 15 is 0 Å². The summed E-state index contributed by atoms with van der Waals surface area (Å²) in [7, 11) is 0. The van der Waals surface area contributed by atoms with Crippen LogP contribution in [0, 0.1) is 0 Å². The van der Waals surface area contributed by atoms with Crippen LogP contribution in [-0.4, -0.2) is 14.8 Å². The van der Waals surface area contributed by atoms with E-state index in [4.69, 9.17) is 5.73 Å². The number of anilines is 1. The van der Waals surface area contributed by atoms with E-state index in [1.54, 1.807) is 6.20 Å². The van der Waals surface area contributed by atoms with E-state index in [2.05, 4.69) is 17.0 Å². The van der Waals surface area contributed by atoms with E-state index in [-0.39, 0.29) is 0 Å². The zero-order valence-electron chi connectivity index (χ0n) is 8.01. The lowest BCUT2D eigenvalue weighted by atomic mass is 10.1. The van der Waals surface area contributed by atoms with Crippen molar-refractivity contribution in [1.82, 2.24) is 14.8 Å². The highest BCUT2D eigenvalue weighted by atomic mass is 15.3. The predicted octanol–water partition coefficient (Wildman–Crippen LogP) is 1.55. The van der Waals surface area contributed by atoms with Gasteiger partial charge in [0, 0.05) is 24.5 Å². The van der Waals surface area contributed by atoms with Crippen LogP contribution in [0.2, 0.25) is 0 Å². The molecule has 0 aliphatic carbocycles. The maximum atomic E-state index is 5.60. The van der Waals surface area contributed by atoms with Crippen LogP contribution in [0.15, 0.2) is 30.7 Å². The zero-order chi connectivity index (χ0) is 9.97. The fraction of sp³-hybridized carbons (Fsp3) is 0.200. The molecule has 2 rings (SSSR count). The van der Waals surface area contributed by atoms with Crippen molar-refractivity contribution < 1.29 is 0 Å². The molecule has 2 N–H and O–H groups in total. The second-order valence-electron chi connectivity index (χ2n) is 3.05. The van der Waals surface area contributed by atoms with Crippen LogP contribution in [0.25, 0.3) is 11.1 Å². The Hall–Kier alpha value is -1.84. The maximum absolute atomic E-state index is 5.60. The smallest absolute Gasteiger partial charge is 0.123 e. The third kappa shape index (κ3) is 1.59. The Balaban J connectivity index is 2.39. The Kier molecular flexibility index (Phi) is 2.18. The summed E-state index contributed by atoms with van der Waals surface area (Å²) in [5, 5.41) is 4.20. The van der Waals surface area contributed by atoms with Crippen molar-refractivity contribution in [1.29, 1.82) is 0 Å². The van der Waals surface area contributed by atoms with Crippen LogP contribution >= 0.6 is 0 Å². The summed E-state index contributed by atoms with van der Waals surface area (Å²) in [6.07, 6.45) is 5.53. The van der Waals surface area contributed by atoms with E-state index < -0.39 is 0 Å². The number of aryl methyl sites for hydroxylation is 1. The SMILES string of the molecule is CCn1cc(-c2ccnc(N)c2)cn1. The fourth-order valence-electron chi connectivity index (χ4n) is 1.31. The van der Waals surface area contributed by atoms with Gasteiger partial charge in [0.05, 0.1) is 6.20 Å². The van der Waals surface area contributed by atoms with Gasteiger partial charge in [-0.1, -0.05) is 0 Å². The molecule has 72 valence electrons. The molecule has 0 radical (unpaired) electrons. The van der Waals surface area contributed by atoms with Crippen molar-refractivity contribution in [3.8, 4) is 11.1 Å². The first-order valence-corrected chi connectivity index (χ1v) is 4.54. The quantitative estimate of drug-likeness (QED) is 0.777. The van der Waals surface area contributed by atoms with Gasteiger partial charge in [-0.15, -0.1) is 0 Å². The first kappa shape index (κ1) is 8.74. The van der Waals surface area contributed by atoms with E-state index in [0.29, 0.717) is 5.82 Å². The molecule has 0 unspecified atom stereocenters. The minimum absolute atomic E-state index is 0.534. The van der Waals surface area contributed by atoms with Crippen LogP contribution in [-0.2, 0) is 6.54 Å². The van der Waals surface area contributed by atoms with Crippen molar-refractivity contribution >= 4 is 5.82 Å². The Morgan fingerprint density at radius 1 is 1.43 bits per heavy atom. The summed E-state index contributed by atoms with van der Waals surface area (Å²) in [6, 6.07) is 3.77. The number of hydrogen-bond donors (Lipinski definition) is 1. The lowest BCUT2D eigenvalue weighted by Gasteiger charge is -1.97. The van der Waals surface area contributed by atoms with E-state index in [1.807, 2.05) is 29.2 Å². The molecule has 2 aromatic rings. The normalized spacial score (nSPS) is 10.4. The second-order valence-corrected chi connectivity index (χ2v) is 3.05. The molecular weight excluding hydrogens is 176 g/mol. The molecule has 0 atom stereocenters. The predicted molar refractivity (Wildman–Crippen MR) is 55.5 cm³/mol. The molecule has 0 fully saturated rings. The summed E-state index contributed by atoms with van der Waals surface area (Å²) in [5.74, 6) is 0.534. The third-order valence-electron chi connectivity index (χ3n) is 2.07. The number of rotatable bonds is 2. The van der Waals surface area contributed by atoms with Gasteiger partial charge in [0.25, 0.3) is 0 Å². The van der Waals surface area contributed by atoms with Gasteiger partial charge in [-0.05, 0) is 24.6 Å². The molecule has 14 heavy (non-hydrogen) atoms. The zero-order valence-corrected chi connectivity index (χ0v) is 8.01. The highest BCUT2D eigenvalue weighted by Gasteiger charge is 2.00. The van der Waals surface area contributed by atoms with E-state index in [1.165, 1.54) is 0 Å². The van der Waals surface area contributed by atoms with E-state index in [0.717, 1.165) is 17.7 Å². The molecule has 0 aromatic carbocycles. The van der Waals surface area contributed by atoms with Crippen molar-refractivity contribution in [2.45, 2.75) is 13.5 Å². The Bertz CT molecular complexity index is 433. The van der Waals surface area contributed by atoms with Gasteiger partial charge < -0.3 is 5.73 Å². The second kappa shape index (κ2) is 3.49. The number of nitrogens with two attached hydrogens (primary N) is 1. The Morgan fingerprint density at radius 2 is 2.29 bits per heavy atom. The monoisotopic (exact) mass is 188 g/mol. The number of nitrogen functional groups attached to an aromatic ring is 1. The molecular formula is C10H12N4. The van der Waals surface area contributed by atoms with Gasteiger partial charge in [-0.2, -0.15) is 5.10 Å². The summed E-state index contributed by atoms with van der Waals surface area (Å²) in [4.78, 5) is 3.94. The maximum Gasteiger partial charge on any atom is 0.123 e. The molecule has 0 saturated carbocycles. The molecule has 4 nitrogen and oxygen atoms in total. The van der Waals surface area contributed by atoms with Gasteiger partial charge in [-0.25, -0.2) is 4.98 Å². The molecule has 0 amide bonds. The van der Waals surface area contributed by atoms with Crippen molar-refractivity contribution in [3.63, 3.8) is 0 Å². The molecule has 2 aromatic heterocycles. The van der Waals surface area contributed by atoms with Crippen molar-refractivity contribution in [2.75, 3.05) is 5.73 Å². The van der Waals surface area contributed by atoms with Gasteiger partial charge in [-0.3, -0.25) is 4.68 Å². The van der Waals surface area contributed by atoms with Gasteiger partial charge in [0.1, 0.15) is 5.82 Å². The molecule has 0 saturated heterocycles. The lowest BCUT2D eigenvalue weighted by molar-refractivity contribution is 0.660. The molecule has 0 aliphatic heterocycles. The fourth-order valence-corrected chi connectivity index (χ4v) is 1.31. The number of aromatic nitrogens is 3. The average Bonchev–Trinajstić information content (AvgIpc) is 2.66. The largest absolute Gasteiger partial charge is 0.384 e. The third-order valence-corrected chi connectivity index (χ3v) is 2.07. The Morgan fingerprint density at radius 3 is 2.93 bits per heavy atom. The summed E-state index contributed by atoms with van der Waals surface area (Å²) in [5.41, 5.74) is 7.72. The van der Waals surface area contributed by atoms with Crippen LogP contribution in [0.3, 0.4) is 0 Å². The summed E-state index contributed by atoms with van der Waals surface area (Å²) in [6.45, 7) is 2.93. The van der Waals surface area contributed by atoms with Crippen molar-refractivity contribution in [3.05, 3.63) is 30.7 Å². The minimum atomic E-state index is 0.534. The first-order valence-electron chi connectivity index (χ1n) is 4.54. The number of nitrogens with zero attached hydrogens (tertiary/aromatic N) is 3. The molecule has 0 spiro atoms. The summed E-state index contributed by atoms with van der Waals surface area (Å²) >= 11 is 0. The van der Waals surface area contributed by atoms with Gasteiger partial charge >= 0.3 is 0 Å². The first-order chi connectivity index (χ1) is 6.79. The highest BCUT2D eigenvalue weighted by molar-refractivity contribution is 5.63. The molecule has 0 aliphatic rings. The van der Waals surface area contributed by atoms with Crippen LogP contribution in [0.5, 0.6) is 0 Å². The van der Waals surface area contributed by atoms with Gasteiger partial charge in [0.15, 0.2) is 0 Å². The summed E-state index contributed by atoms with van der Waals surface area (Å²) < 4.78 is 1.88. The van der Waals surface area contributed by atoms with E-state index in [9.17, 15) is 0 Å². The molecule has 0 bridgehead atoms. The minimum Gasteiger partial charge on any atom is -0.384 e. The highest BCUT2D eigenvalue weighted by Crippen LogP contribution is 2.18. The molecule has 4 heteroatoms. The lowest BCUT2D eigenvalue weighted by Crippen LogP contribution is -1.92. The Labute approximate surface area is 82.4 Å². The van der Waals surface area contributed by atoms with Crippen LogP contribution in [0.1, 0.15) is 6.92 Å². The van der Waals surface area contributed by atoms with Gasteiger partial charge in [0.2, 0.25) is 0 Å². The average molecular weight is 188 g/mol. The number of pyridine rings is 1. The van der Waals surface area contributed by atoms with Crippen molar-refractivity contribution in [2.24, 2.45) is 0 Å². The molecule has 2 heterocycles. The standard InChI is InChI=1S/C10H12N4/c1-2-14-7-9(6-13-14)8-3-4-12-10(11)5-8/h3-7H,2H2,1H3,(H2,11,12). The van der Waals surface area contributed by atoms with Crippen LogP contribution in [0.4, 0.5) is 5.82 Å². The topological polar surface area (TPSA) is 56.7 Å². The van der Waals surface area contributed by atoms with Crippen LogP contribution < -0.4 is 5.73 Å².